The fourth-order valence-corrected chi connectivity index (χ4v) is 22.0. The molecule has 0 saturated heterocycles. The van der Waals surface area contributed by atoms with E-state index in [4.69, 9.17) is 26.6 Å². The summed E-state index contributed by atoms with van der Waals surface area (Å²) >= 11 is 0. The van der Waals surface area contributed by atoms with E-state index in [1.807, 2.05) is 0 Å². The number of benzene rings is 1. The van der Waals surface area contributed by atoms with E-state index < -0.39 is 45.7 Å². The molecule has 12 heteroatoms. The molecule has 1 aromatic rings. The molecule has 0 N–H and O–H groups in total. The van der Waals surface area contributed by atoms with Gasteiger partial charge in [0.05, 0.1) is 13.2 Å². The summed E-state index contributed by atoms with van der Waals surface area (Å²) in [4.78, 5) is 24.6. The van der Waals surface area contributed by atoms with Crippen molar-refractivity contribution in [1.29, 1.82) is 0 Å². The number of hydrogen-bond acceptors (Lipinski definition) is 8. The predicted molar refractivity (Wildman–Crippen MR) is 184 cm³/mol. The third-order valence-corrected chi connectivity index (χ3v) is 20.3. The first kappa shape index (κ1) is 39.2. The maximum absolute atomic E-state index is 12.3. The van der Waals surface area contributed by atoms with Crippen molar-refractivity contribution in [2.24, 2.45) is 0 Å². The lowest BCUT2D eigenvalue weighted by molar-refractivity contribution is -0.146. The molecule has 2 unspecified atom stereocenters. The maximum Gasteiger partial charge on any atom is 0.348 e. The van der Waals surface area contributed by atoms with Crippen LogP contribution in [0.2, 0.25) is 58.4 Å². The Morgan fingerprint density at radius 2 is 1.28 bits per heavy atom. The first-order valence-corrected chi connectivity index (χ1v) is 27.1. The van der Waals surface area contributed by atoms with E-state index >= 15 is 0 Å². The van der Waals surface area contributed by atoms with Crippen molar-refractivity contribution in [3.05, 3.63) is 47.2 Å². The first-order valence-electron chi connectivity index (χ1n) is 15.4. The predicted octanol–water partition coefficient (Wildman–Crippen LogP) is 8.11. The molecule has 244 valence electrons. The Kier molecular flexibility index (Phi) is 16.1. The summed E-state index contributed by atoms with van der Waals surface area (Å²) in [6.07, 6.45) is 6.10. The Morgan fingerprint density at radius 3 is 1.74 bits per heavy atom. The van der Waals surface area contributed by atoms with Gasteiger partial charge in [-0.15, -0.1) is 0 Å². The molecule has 0 radical (unpaired) electrons. The van der Waals surface area contributed by atoms with Crippen LogP contribution in [0, 0.1) is 0 Å². The molecule has 0 saturated carbocycles. The van der Waals surface area contributed by atoms with Crippen LogP contribution in [0.15, 0.2) is 41.6 Å². The van der Waals surface area contributed by atoms with Gasteiger partial charge in [0, 0.05) is 5.20 Å². The van der Waals surface area contributed by atoms with Crippen molar-refractivity contribution < 1.29 is 36.1 Å². The lowest BCUT2D eigenvalue weighted by atomic mass is 10.1. The van der Waals surface area contributed by atoms with Gasteiger partial charge in [-0.3, -0.25) is 0 Å². The highest BCUT2D eigenvalue weighted by atomic mass is 28.5. The van der Waals surface area contributed by atoms with Crippen molar-refractivity contribution in [1.82, 2.24) is 0 Å². The summed E-state index contributed by atoms with van der Waals surface area (Å²) < 4.78 is 36.9. The second-order valence-corrected chi connectivity index (χ2v) is 29.1. The number of ether oxygens (including phenoxy) is 3. The highest BCUT2D eigenvalue weighted by Gasteiger charge is 2.48. The van der Waals surface area contributed by atoms with Gasteiger partial charge >= 0.3 is 29.1 Å². The molecule has 0 aliphatic carbocycles. The van der Waals surface area contributed by atoms with E-state index in [1.165, 1.54) is 25.3 Å². The van der Waals surface area contributed by atoms with E-state index in [0.29, 0.717) is 11.3 Å². The van der Waals surface area contributed by atoms with Gasteiger partial charge in [0.15, 0.2) is 16.6 Å². The molecular formula is C31H56O8Si4. The van der Waals surface area contributed by atoms with Crippen molar-refractivity contribution in [3.63, 3.8) is 0 Å². The van der Waals surface area contributed by atoms with Crippen molar-refractivity contribution in [3.8, 4) is 5.75 Å². The number of esters is 2. The van der Waals surface area contributed by atoms with Gasteiger partial charge in [0.1, 0.15) is 17.9 Å². The van der Waals surface area contributed by atoms with Crippen molar-refractivity contribution >= 4 is 51.8 Å². The van der Waals surface area contributed by atoms with Gasteiger partial charge in [-0.2, -0.15) is 0 Å². The van der Waals surface area contributed by atoms with Gasteiger partial charge in [0.25, 0.3) is 0 Å². The third kappa shape index (κ3) is 15.2. The summed E-state index contributed by atoms with van der Waals surface area (Å²) in [5.74, 6) is -0.819. The molecule has 43 heavy (non-hydrogen) atoms. The van der Waals surface area contributed by atoms with E-state index in [0.717, 1.165) is 17.7 Å². The van der Waals surface area contributed by atoms with E-state index in [2.05, 4.69) is 65.9 Å². The summed E-state index contributed by atoms with van der Waals surface area (Å²) in [7, 11) is -9.38. The topological polar surface area (TPSA) is 89.5 Å². The van der Waals surface area contributed by atoms with Crippen LogP contribution in [0.25, 0.3) is 6.08 Å². The van der Waals surface area contributed by atoms with E-state index in [1.54, 1.807) is 38.1 Å². The molecule has 0 aliphatic heterocycles. The molecule has 1 aromatic carbocycles. The standard InChI is InChI=1S/C31H56O8Si4/c1-13-16-17-18-23-42(11,37-40(5,6)7)39-43(12,38-41(8,9)10)26(4)25-36-28-21-19-27(20-22-28)24-29(30(32)34-14-2)31(33)35-15-3/h19-22,24H,4,13-18,23,25H2,1-3,5-12H3. The normalized spacial score (nSPS) is 14.7. The first-order chi connectivity index (χ1) is 19.9. The Balaban J connectivity index is 3.17. The molecule has 8 nitrogen and oxygen atoms in total. The summed E-state index contributed by atoms with van der Waals surface area (Å²) in [5, 5.41) is 0.817. The summed E-state index contributed by atoms with van der Waals surface area (Å²) in [5.41, 5.74) is 0.482. The monoisotopic (exact) mass is 668 g/mol. The summed E-state index contributed by atoms with van der Waals surface area (Å²) in [6, 6.07) is 8.03. The fraction of sp³-hybridized carbons (Fsp3) is 0.613. The molecule has 0 amide bonds. The highest BCUT2D eigenvalue weighted by Crippen LogP contribution is 2.32. The number of unbranched alkanes of at least 4 members (excludes halogenated alkanes) is 3. The van der Waals surface area contributed by atoms with Crippen LogP contribution in [-0.4, -0.2) is 65.5 Å². The van der Waals surface area contributed by atoms with Gasteiger partial charge in [0.2, 0.25) is 0 Å². The minimum Gasteiger partial charge on any atom is -0.489 e. The molecule has 0 aromatic heterocycles. The molecule has 0 spiro atoms. The van der Waals surface area contributed by atoms with E-state index in [-0.39, 0.29) is 25.4 Å². The minimum absolute atomic E-state index is 0.157. The smallest absolute Gasteiger partial charge is 0.348 e. The van der Waals surface area contributed by atoms with Crippen LogP contribution in [0.1, 0.15) is 52.0 Å². The fourth-order valence-electron chi connectivity index (χ4n) is 4.55. The minimum atomic E-state index is -2.93. The second kappa shape index (κ2) is 17.6. The lowest BCUT2D eigenvalue weighted by Crippen LogP contribution is -2.59. The van der Waals surface area contributed by atoms with Crippen molar-refractivity contribution in [2.45, 2.75) is 105 Å². The quantitative estimate of drug-likeness (QED) is 0.0344. The Labute approximate surface area is 264 Å². The number of carbonyl (C=O) groups excluding carboxylic acids is 2. The molecule has 0 aliphatic rings. The SMILES string of the molecule is C=C(COc1ccc(C=C(C(=O)OCC)C(=O)OCC)cc1)[Si](C)(O[Si](C)(C)C)O[Si](C)(CCCCCC)O[Si](C)(C)C. The molecule has 0 heterocycles. The van der Waals surface area contributed by atoms with Crippen LogP contribution in [0.4, 0.5) is 0 Å². The third-order valence-electron chi connectivity index (χ3n) is 6.16. The average Bonchev–Trinajstić information content (AvgIpc) is 2.87. The molecule has 2 atom stereocenters. The van der Waals surface area contributed by atoms with Crippen LogP contribution < -0.4 is 4.74 Å². The van der Waals surface area contributed by atoms with Gasteiger partial charge in [-0.1, -0.05) is 51.3 Å². The Morgan fingerprint density at radius 1 is 0.744 bits per heavy atom. The largest absolute Gasteiger partial charge is 0.489 e. The molecule has 1 rings (SSSR count). The zero-order valence-electron chi connectivity index (χ0n) is 28.5. The second-order valence-electron chi connectivity index (χ2n) is 12.9. The number of carbonyl (C=O) groups is 2. The number of rotatable bonds is 20. The van der Waals surface area contributed by atoms with Crippen LogP contribution >= 0.6 is 0 Å². The molecule has 0 fully saturated rings. The van der Waals surface area contributed by atoms with Gasteiger partial charge < -0.3 is 26.6 Å². The lowest BCUT2D eigenvalue weighted by Gasteiger charge is -2.43. The Hall–Kier alpha value is -1.81. The van der Waals surface area contributed by atoms with Crippen molar-refractivity contribution in [2.75, 3.05) is 19.8 Å². The maximum atomic E-state index is 12.3. The molecule has 0 bridgehead atoms. The van der Waals surface area contributed by atoms with Gasteiger partial charge in [-0.05, 0) is 96.0 Å². The van der Waals surface area contributed by atoms with Crippen LogP contribution in [0.5, 0.6) is 5.75 Å². The zero-order chi connectivity index (χ0) is 32.9. The van der Waals surface area contributed by atoms with Gasteiger partial charge in [-0.25, -0.2) is 9.59 Å². The average molecular weight is 669 g/mol. The van der Waals surface area contributed by atoms with Crippen LogP contribution in [0.3, 0.4) is 0 Å². The highest BCUT2D eigenvalue weighted by molar-refractivity contribution is 6.92. The Bertz CT molecular complexity index is 1060. The zero-order valence-corrected chi connectivity index (χ0v) is 32.5. The molecular weight excluding hydrogens is 613 g/mol. The van der Waals surface area contributed by atoms with Crippen LogP contribution in [-0.2, 0) is 31.4 Å². The summed E-state index contributed by atoms with van der Waals surface area (Å²) in [6.45, 7) is 28.0. The van der Waals surface area contributed by atoms with E-state index in [9.17, 15) is 9.59 Å². The number of hydrogen-bond donors (Lipinski definition) is 0.